The van der Waals surface area contributed by atoms with Crippen LogP contribution in [0.25, 0.3) is 11.0 Å². The predicted molar refractivity (Wildman–Crippen MR) is 122 cm³/mol. The zero-order valence-corrected chi connectivity index (χ0v) is 17.7. The number of para-hydroxylation sites is 2. The molecule has 3 aromatic rings. The average molecular weight is 417 g/mol. The Bertz CT molecular complexity index is 1160. The molecule has 1 fully saturated rings. The zero-order chi connectivity index (χ0) is 21.2. The van der Waals surface area contributed by atoms with Crippen molar-refractivity contribution in [2.45, 2.75) is 51.1 Å². The summed E-state index contributed by atoms with van der Waals surface area (Å²) in [4.78, 5) is 32.8. The normalized spacial score (nSPS) is 18.2. The molecule has 1 aliphatic heterocycles. The van der Waals surface area contributed by atoms with Crippen LogP contribution in [0.1, 0.15) is 49.3 Å². The van der Waals surface area contributed by atoms with Crippen LogP contribution in [0.15, 0.2) is 53.3 Å². The Morgan fingerprint density at radius 1 is 1.03 bits per heavy atom. The van der Waals surface area contributed by atoms with Crippen molar-refractivity contribution >= 4 is 22.8 Å². The van der Waals surface area contributed by atoms with Gasteiger partial charge in [0.1, 0.15) is 0 Å². The molecule has 1 unspecified atom stereocenters. The van der Waals surface area contributed by atoms with Crippen molar-refractivity contribution in [2.75, 3.05) is 18.0 Å². The van der Waals surface area contributed by atoms with Crippen LogP contribution >= 0.6 is 0 Å². The van der Waals surface area contributed by atoms with Gasteiger partial charge >= 0.3 is 0 Å². The monoisotopic (exact) mass is 416 g/mol. The van der Waals surface area contributed by atoms with Crippen LogP contribution in [0, 0.1) is 0 Å². The highest BCUT2D eigenvalue weighted by molar-refractivity contribution is 5.78. The van der Waals surface area contributed by atoms with E-state index >= 15 is 0 Å². The van der Waals surface area contributed by atoms with Gasteiger partial charge < -0.3 is 14.8 Å². The molecule has 1 N–H and O–H groups in total. The maximum Gasteiger partial charge on any atom is 0.294 e. The molecule has 6 nitrogen and oxygen atoms in total. The molecule has 0 spiro atoms. The van der Waals surface area contributed by atoms with Crippen molar-refractivity contribution in [3.63, 3.8) is 0 Å². The third-order valence-electron chi connectivity index (χ3n) is 6.51. The number of benzene rings is 2. The van der Waals surface area contributed by atoms with Gasteiger partial charge in [-0.2, -0.15) is 0 Å². The van der Waals surface area contributed by atoms with Crippen molar-refractivity contribution in [3.8, 4) is 0 Å². The summed E-state index contributed by atoms with van der Waals surface area (Å²) in [6.07, 6.45) is 5.54. The largest absolute Gasteiger partial charge is 0.352 e. The SMILES string of the molecule is O=C(CCn1c(=O)c(N2CCCC2)nc2ccccc21)NC1CCCc2ccccc21. The van der Waals surface area contributed by atoms with Crippen LogP contribution in [0.5, 0.6) is 0 Å². The fourth-order valence-electron chi connectivity index (χ4n) is 4.92. The average Bonchev–Trinajstić information content (AvgIpc) is 3.33. The van der Waals surface area contributed by atoms with E-state index in [4.69, 9.17) is 0 Å². The molecule has 1 atom stereocenters. The van der Waals surface area contributed by atoms with Crippen LogP contribution in [0.3, 0.4) is 0 Å². The van der Waals surface area contributed by atoms with Gasteiger partial charge in [0.2, 0.25) is 5.91 Å². The van der Waals surface area contributed by atoms with E-state index in [1.807, 2.05) is 30.3 Å². The molecule has 2 heterocycles. The van der Waals surface area contributed by atoms with Crippen LogP contribution in [0.4, 0.5) is 5.82 Å². The lowest BCUT2D eigenvalue weighted by Gasteiger charge is -2.26. The number of nitrogens with zero attached hydrogens (tertiary/aromatic N) is 3. The first-order valence-corrected chi connectivity index (χ1v) is 11.3. The summed E-state index contributed by atoms with van der Waals surface area (Å²) in [5, 5.41) is 3.20. The van der Waals surface area contributed by atoms with Gasteiger partial charge in [-0.3, -0.25) is 9.59 Å². The van der Waals surface area contributed by atoms with E-state index < -0.39 is 0 Å². The fourth-order valence-corrected chi connectivity index (χ4v) is 4.92. The third-order valence-corrected chi connectivity index (χ3v) is 6.51. The summed E-state index contributed by atoms with van der Waals surface area (Å²) in [5.74, 6) is 0.495. The smallest absolute Gasteiger partial charge is 0.294 e. The fraction of sp³-hybridized carbons (Fsp3) is 0.400. The van der Waals surface area contributed by atoms with E-state index in [0.717, 1.165) is 56.2 Å². The number of amides is 1. The highest BCUT2D eigenvalue weighted by Gasteiger charge is 2.23. The topological polar surface area (TPSA) is 67.2 Å². The van der Waals surface area contributed by atoms with E-state index in [2.05, 4.69) is 33.4 Å². The van der Waals surface area contributed by atoms with E-state index in [1.54, 1.807) is 4.57 Å². The number of rotatable bonds is 5. The number of aromatic nitrogens is 2. The summed E-state index contributed by atoms with van der Waals surface area (Å²) in [7, 11) is 0. The highest BCUT2D eigenvalue weighted by atomic mass is 16.2. The van der Waals surface area contributed by atoms with Crippen molar-refractivity contribution in [3.05, 3.63) is 70.0 Å². The van der Waals surface area contributed by atoms with Crippen molar-refractivity contribution < 1.29 is 4.79 Å². The third kappa shape index (κ3) is 3.94. The quantitative estimate of drug-likeness (QED) is 0.690. The molecule has 1 aliphatic carbocycles. The van der Waals surface area contributed by atoms with Gasteiger partial charge in [0, 0.05) is 26.1 Å². The molecule has 0 saturated carbocycles. The number of nitrogens with one attached hydrogen (secondary N) is 1. The molecule has 2 aromatic carbocycles. The van der Waals surface area contributed by atoms with E-state index in [-0.39, 0.29) is 23.9 Å². The minimum atomic E-state index is -0.101. The van der Waals surface area contributed by atoms with Crippen LogP contribution in [0.2, 0.25) is 0 Å². The molecule has 2 aliphatic rings. The maximum absolute atomic E-state index is 13.3. The van der Waals surface area contributed by atoms with Gasteiger partial charge in [-0.1, -0.05) is 36.4 Å². The number of hydrogen-bond acceptors (Lipinski definition) is 4. The molecule has 31 heavy (non-hydrogen) atoms. The Morgan fingerprint density at radius 2 is 1.81 bits per heavy atom. The molecule has 0 radical (unpaired) electrons. The van der Waals surface area contributed by atoms with Crippen molar-refractivity contribution in [2.24, 2.45) is 0 Å². The molecule has 0 bridgehead atoms. The van der Waals surface area contributed by atoms with E-state index in [9.17, 15) is 9.59 Å². The van der Waals surface area contributed by atoms with Gasteiger partial charge in [0.15, 0.2) is 5.82 Å². The summed E-state index contributed by atoms with van der Waals surface area (Å²) in [6.45, 7) is 2.08. The van der Waals surface area contributed by atoms with Crippen LogP contribution in [-0.4, -0.2) is 28.5 Å². The van der Waals surface area contributed by atoms with E-state index in [0.29, 0.717) is 12.4 Å². The standard InChI is InChI=1S/C25H28N4O2/c30-23(26-20-12-7-9-18-8-1-2-10-19(18)20)14-17-29-22-13-4-3-11-21(22)27-24(25(29)31)28-15-5-6-16-28/h1-4,8,10-11,13,20H,5-7,9,12,14-17H2,(H,26,30). The molecule has 5 rings (SSSR count). The predicted octanol–water partition coefficient (Wildman–Crippen LogP) is 3.58. The Labute approximate surface area is 181 Å². The second-order valence-corrected chi connectivity index (χ2v) is 8.54. The summed E-state index contributed by atoms with van der Waals surface area (Å²) >= 11 is 0. The molecule has 160 valence electrons. The molecule has 6 heteroatoms. The molecule has 1 amide bonds. The number of carbonyl (C=O) groups is 1. The van der Waals surface area contributed by atoms with E-state index in [1.165, 1.54) is 11.1 Å². The Kier molecular flexibility index (Phi) is 5.45. The van der Waals surface area contributed by atoms with Gasteiger partial charge in [-0.25, -0.2) is 4.98 Å². The first-order chi connectivity index (χ1) is 15.2. The second kappa shape index (κ2) is 8.53. The number of hydrogen-bond donors (Lipinski definition) is 1. The van der Waals surface area contributed by atoms with Crippen molar-refractivity contribution in [1.29, 1.82) is 0 Å². The molecular weight excluding hydrogens is 388 g/mol. The van der Waals surface area contributed by atoms with Gasteiger partial charge in [0.25, 0.3) is 5.56 Å². The first-order valence-electron chi connectivity index (χ1n) is 11.3. The Morgan fingerprint density at radius 3 is 2.68 bits per heavy atom. The Hall–Kier alpha value is -3.15. The zero-order valence-electron chi connectivity index (χ0n) is 17.7. The summed E-state index contributed by atoms with van der Waals surface area (Å²) in [6, 6.07) is 16.1. The van der Waals surface area contributed by atoms with Gasteiger partial charge in [0.05, 0.1) is 17.1 Å². The lowest BCUT2D eigenvalue weighted by molar-refractivity contribution is -0.122. The highest BCUT2D eigenvalue weighted by Crippen LogP contribution is 2.29. The molecule has 1 aromatic heterocycles. The second-order valence-electron chi connectivity index (χ2n) is 8.54. The van der Waals surface area contributed by atoms with Crippen LogP contribution < -0.4 is 15.8 Å². The number of carbonyl (C=O) groups excluding carboxylic acids is 1. The first kappa shape index (κ1) is 19.8. The number of anilines is 1. The van der Waals surface area contributed by atoms with Crippen molar-refractivity contribution in [1.82, 2.24) is 14.9 Å². The van der Waals surface area contributed by atoms with Gasteiger partial charge in [-0.15, -0.1) is 0 Å². The molecule has 1 saturated heterocycles. The number of aryl methyl sites for hydroxylation is 2. The number of fused-ring (bicyclic) bond motifs is 2. The van der Waals surface area contributed by atoms with Gasteiger partial charge in [-0.05, 0) is 55.4 Å². The minimum Gasteiger partial charge on any atom is -0.352 e. The summed E-state index contributed by atoms with van der Waals surface area (Å²) < 4.78 is 1.73. The lowest BCUT2D eigenvalue weighted by atomic mass is 9.88. The molecular formula is C25H28N4O2. The minimum absolute atomic E-state index is 0.0165. The van der Waals surface area contributed by atoms with Crippen LogP contribution in [-0.2, 0) is 17.8 Å². The summed E-state index contributed by atoms with van der Waals surface area (Å²) in [5.41, 5.74) is 4.03. The maximum atomic E-state index is 13.3. The lowest BCUT2D eigenvalue weighted by Crippen LogP contribution is -2.34. The Balaban J connectivity index is 1.37.